The van der Waals surface area contributed by atoms with Crippen LogP contribution in [0.4, 0.5) is 0 Å². The molecule has 0 aliphatic heterocycles. The van der Waals surface area contributed by atoms with Crippen molar-refractivity contribution in [3.05, 3.63) is 58.5 Å². The van der Waals surface area contributed by atoms with Gasteiger partial charge in [0.05, 0.1) is 4.70 Å². The molecule has 1 N–H and O–H groups in total. The van der Waals surface area contributed by atoms with E-state index >= 15 is 0 Å². The number of carbonyl (C=O) groups excluding carboxylic acids is 1. The largest absolute Gasteiger partial charge is 0.351 e. The molecule has 0 aliphatic rings. The van der Waals surface area contributed by atoms with E-state index in [-0.39, 0.29) is 11.3 Å². The van der Waals surface area contributed by atoms with Crippen LogP contribution < -0.4 is 10.7 Å². The zero-order valence-electron chi connectivity index (χ0n) is 16.6. The molecule has 0 fully saturated rings. The second kappa shape index (κ2) is 8.31. The summed E-state index contributed by atoms with van der Waals surface area (Å²) in [6.45, 7) is 7.85. The summed E-state index contributed by atoms with van der Waals surface area (Å²) in [5.74, 6) is -0.210. The van der Waals surface area contributed by atoms with Gasteiger partial charge in [-0.05, 0) is 50.3 Å². The van der Waals surface area contributed by atoms with E-state index in [4.69, 9.17) is 0 Å². The van der Waals surface area contributed by atoms with Crippen molar-refractivity contribution >= 4 is 43.2 Å². The van der Waals surface area contributed by atoms with Gasteiger partial charge in [-0.15, -0.1) is 11.3 Å². The Balaban J connectivity index is 1.62. The predicted molar refractivity (Wildman–Crippen MR) is 119 cm³/mol. The van der Waals surface area contributed by atoms with Crippen molar-refractivity contribution < 1.29 is 4.79 Å². The monoisotopic (exact) mass is 408 g/mol. The number of hydrogen-bond acceptors (Lipinski definition) is 5. The molecule has 0 saturated carbocycles. The minimum Gasteiger partial charge on any atom is -0.351 e. The Morgan fingerprint density at radius 1 is 1.14 bits per heavy atom. The lowest BCUT2D eigenvalue weighted by molar-refractivity contribution is 0.0947. The zero-order valence-corrected chi connectivity index (χ0v) is 17.5. The fourth-order valence-corrected chi connectivity index (χ4v) is 4.65. The molecule has 0 radical (unpaired) electrons. The second-order valence-electron chi connectivity index (χ2n) is 6.96. The van der Waals surface area contributed by atoms with Gasteiger partial charge in [0.25, 0.3) is 5.91 Å². The van der Waals surface area contributed by atoms with Crippen LogP contribution in [0.15, 0.2) is 47.4 Å². The summed E-state index contributed by atoms with van der Waals surface area (Å²) in [5.41, 5.74) is 1.46. The molecular weight excluding hydrogens is 384 g/mol. The van der Waals surface area contributed by atoms with Crippen LogP contribution >= 0.6 is 11.3 Å². The molecule has 1 aromatic carbocycles. The summed E-state index contributed by atoms with van der Waals surface area (Å²) in [5, 5.41) is 3.63. The molecule has 1 amide bonds. The van der Waals surface area contributed by atoms with E-state index in [2.05, 4.69) is 29.0 Å². The zero-order chi connectivity index (χ0) is 20.4. The van der Waals surface area contributed by atoms with Crippen LogP contribution in [0.2, 0.25) is 0 Å². The van der Waals surface area contributed by atoms with Crippen LogP contribution in [-0.4, -0.2) is 46.4 Å². The maximum Gasteiger partial charge on any atom is 0.271 e. The number of nitrogens with zero attached hydrogens (tertiary/aromatic N) is 3. The third kappa shape index (κ3) is 3.75. The number of aromatic nitrogens is 2. The molecule has 7 heteroatoms. The van der Waals surface area contributed by atoms with Crippen molar-refractivity contribution in [2.24, 2.45) is 0 Å². The van der Waals surface area contributed by atoms with Crippen LogP contribution in [0.5, 0.6) is 0 Å². The fourth-order valence-electron chi connectivity index (χ4n) is 3.58. The average Bonchev–Trinajstić information content (AvgIpc) is 3.18. The lowest BCUT2D eigenvalue weighted by Gasteiger charge is -2.17. The van der Waals surface area contributed by atoms with Crippen LogP contribution in [0.1, 0.15) is 30.8 Å². The molecule has 3 heterocycles. The minimum atomic E-state index is -0.210. The van der Waals surface area contributed by atoms with E-state index in [0.717, 1.165) is 35.5 Å². The Kier molecular flexibility index (Phi) is 5.60. The Morgan fingerprint density at radius 2 is 1.93 bits per heavy atom. The second-order valence-corrected chi connectivity index (χ2v) is 8.05. The normalized spacial score (nSPS) is 11.7. The molecule has 29 heavy (non-hydrogen) atoms. The van der Waals surface area contributed by atoms with Crippen molar-refractivity contribution in [1.29, 1.82) is 0 Å². The highest BCUT2D eigenvalue weighted by molar-refractivity contribution is 7.24. The van der Waals surface area contributed by atoms with Crippen molar-refractivity contribution in [2.45, 2.75) is 20.3 Å². The van der Waals surface area contributed by atoms with Crippen molar-refractivity contribution in [1.82, 2.24) is 19.6 Å². The van der Waals surface area contributed by atoms with Gasteiger partial charge >= 0.3 is 0 Å². The summed E-state index contributed by atoms with van der Waals surface area (Å²) in [6, 6.07) is 11.4. The lowest BCUT2D eigenvalue weighted by Crippen LogP contribution is -2.30. The number of rotatable bonds is 7. The van der Waals surface area contributed by atoms with Gasteiger partial charge in [-0.25, -0.2) is 4.98 Å². The number of carbonyl (C=O) groups is 1. The highest BCUT2D eigenvalue weighted by Crippen LogP contribution is 2.25. The predicted octanol–water partition coefficient (Wildman–Crippen LogP) is 3.52. The molecule has 6 nitrogen and oxygen atoms in total. The van der Waals surface area contributed by atoms with E-state index in [1.54, 1.807) is 21.9 Å². The van der Waals surface area contributed by atoms with Gasteiger partial charge in [-0.2, -0.15) is 0 Å². The molecule has 3 aromatic heterocycles. The minimum absolute atomic E-state index is 0.0384. The van der Waals surface area contributed by atoms with Gasteiger partial charge < -0.3 is 10.2 Å². The Morgan fingerprint density at radius 3 is 2.72 bits per heavy atom. The van der Waals surface area contributed by atoms with Gasteiger partial charge in [-0.3, -0.25) is 14.0 Å². The molecule has 0 atom stereocenters. The average molecular weight is 409 g/mol. The topological polar surface area (TPSA) is 66.7 Å². The third-order valence-electron chi connectivity index (χ3n) is 5.22. The Bertz CT molecular complexity index is 1240. The van der Waals surface area contributed by atoms with E-state index in [1.165, 1.54) is 0 Å². The molecule has 150 valence electrons. The maximum absolute atomic E-state index is 13.1. The van der Waals surface area contributed by atoms with Gasteiger partial charge in [-0.1, -0.05) is 26.0 Å². The first-order valence-electron chi connectivity index (χ1n) is 9.96. The summed E-state index contributed by atoms with van der Waals surface area (Å²) < 4.78 is 3.58. The first-order chi connectivity index (χ1) is 14.1. The SMILES string of the molecule is CCN(CC)CCCNC(=O)c1cn2c(ccc3sc4ccccc4c(=O)c32)n1. The molecule has 4 aromatic rings. The summed E-state index contributed by atoms with van der Waals surface area (Å²) in [4.78, 5) is 32.4. The molecule has 0 unspecified atom stereocenters. The number of pyridine rings is 1. The van der Waals surface area contributed by atoms with Gasteiger partial charge in [0.2, 0.25) is 5.43 Å². The van der Waals surface area contributed by atoms with E-state index < -0.39 is 0 Å². The number of amides is 1. The van der Waals surface area contributed by atoms with Crippen molar-refractivity contribution in [3.8, 4) is 0 Å². The number of hydrogen-bond donors (Lipinski definition) is 1. The summed E-state index contributed by atoms with van der Waals surface area (Å²) in [7, 11) is 0. The molecular formula is C22H24N4O2S. The summed E-state index contributed by atoms with van der Waals surface area (Å²) >= 11 is 1.57. The number of nitrogens with one attached hydrogen (secondary N) is 1. The van der Waals surface area contributed by atoms with Crippen LogP contribution in [0.3, 0.4) is 0 Å². The maximum atomic E-state index is 13.1. The molecule has 0 spiro atoms. The molecule has 4 rings (SSSR count). The molecule has 0 bridgehead atoms. The van der Waals surface area contributed by atoms with Crippen molar-refractivity contribution in [2.75, 3.05) is 26.2 Å². The van der Waals surface area contributed by atoms with Crippen molar-refractivity contribution in [3.63, 3.8) is 0 Å². The number of benzene rings is 1. The van der Waals surface area contributed by atoms with Crippen LogP contribution in [0, 0.1) is 0 Å². The molecule has 0 aliphatic carbocycles. The van der Waals surface area contributed by atoms with E-state index in [9.17, 15) is 9.59 Å². The van der Waals surface area contributed by atoms with Gasteiger partial charge in [0.1, 0.15) is 16.9 Å². The summed E-state index contributed by atoms with van der Waals surface area (Å²) in [6.07, 6.45) is 2.56. The third-order valence-corrected chi connectivity index (χ3v) is 6.35. The van der Waals surface area contributed by atoms with E-state index in [0.29, 0.717) is 28.8 Å². The lowest BCUT2D eigenvalue weighted by atomic mass is 10.2. The van der Waals surface area contributed by atoms with E-state index in [1.807, 2.05) is 36.4 Å². The highest BCUT2D eigenvalue weighted by atomic mass is 32.1. The smallest absolute Gasteiger partial charge is 0.271 e. The quantitative estimate of drug-likeness (QED) is 0.375. The fraction of sp³-hybridized carbons (Fsp3) is 0.318. The Labute approximate surface area is 172 Å². The highest BCUT2D eigenvalue weighted by Gasteiger charge is 2.15. The standard InChI is InChI=1S/C22H24N4O2S/c1-3-25(4-2)13-7-12-23-22(28)16-14-26-19(24-16)11-10-18-20(26)21(27)15-8-5-6-9-17(15)29-18/h5-6,8-11,14H,3-4,7,12-13H2,1-2H3,(H,23,28). The first-order valence-corrected chi connectivity index (χ1v) is 10.8. The first kappa shape index (κ1) is 19.5. The van der Waals surface area contributed by atoms with Crippen LogP contribution in [-0.2, 0) is 0 Å². The number of imidazole rings is 1. The molecule has 0 saturated heterocycles. The number of fused-ring (bicyclic) bond motifs is 4. The van der Waals surface area contributed by atoms with Crippen LogP contribution in [0.25, 0.3) is 25.9 Å². The Hall–Kier alpha value is -2.77. The van der Waals surface area contributed by atoms with Gasteiger partial charge in [0, 0.05) is 22.8 Å². The van der Waals surface area contributed by atoms with Gasteiger partial charge in [0.15, 0.2) is 0 Å².